The van der Waals surface area contributed by atoms with Crippen molar-refractivity contribution in [3.63, 3.8) is 0 Å². The molecule has 0 atom stereocenters. The number of likely N-dealkylation sites (tertiary alicyclic amines) is 1. The Morgan fingerprint density at radius 2 is 1.94 bits per heavy atom. The van der Waals surface area contributed by atoms with Crippen LogP contribution in [0, 0.1) is 0 Å². The Labute approximate surface area is 102 Å². The van der Waals surface area contributed by atoms with Crippen molar-refractivity contribution in [3.05, 3.63) is 0 Å². The minimum atomic E-state index is -0.0398. The summed E-state index contributed by atoms with van der Waals surface area (Å²) in [6, 6.07) is 0. The first-order valence-electron chi connectivity index (χ1n) is 6.08. The predicted octanol–water partition coefficient (Wildman–Crippen LogP) is 0.620. The van der Waals surface area contributed by atoms with Crippen LogP contribution >= 0.6 is 0 Å². The molecule has 1 fully saturated rings. The normalized spacial score (nSPS) is 16.6. The van der Waals surface area contributed by atoms with Crippen molar-refractivity contribution in [2.24, 2.45) is 0 Å². The fraction of sp³-hybridized carbons (Fsp3) is 0.833. The molecule has 5 nitrogen and oxygen atoms in total. The average molecular weight is 243 g/mol. The van der Waals surface area contributed by atoms with Gasteiger partial charge in [0.1, 0.15) is 12.4 Å². The van der Waals surface area contributed by atoms with Gasteiger partial charge < -0.3 is 14.4 Å². The van der Waals surface area contributed by atoms with E-state index in [4.69, 9.17) is 9.47 Å². The lowest BCUT2D eigenvalue weighted by Crippen LogP contribution is -2.40. The Bertz CT molecular complexity index is 255. The number of hydrogen-bond donors (Lipinski definition) is 0. The van der Waals surface area contributed by atoms with Crippen LogP contribution in [0.3, 0.4) is 0 Å². The molecule has 0 aliphatic carbocycles. The summed E-state index contributed by atoms with van der Waals surface area (Å²) in [7, 11) is 0. The van der Waals surface area contributed by atoms with Gasteiger partial charge >= 0.3 is 0 Å². The number of ketones is 1. The van der Waals surface area contributed by atoms with Crippen molar-refractivity contribution in [3.8, 4) is 0 Å². The van der Waals surface area contributed by atoms with Gasteiger partial charge in [0.25, 0.3) is 0 Å². The van der Waals surface area contributed by atoms with Crippen molar-refractivity contribution in [2.45, 2.75) is 32.8 Å². The molecule has 98 valence electrons. The van der Waals surface area contributed by atoms with Gasteiger partial charge in [-0.3, -0.25) is 9.59 Å². The van der Waals surface area contributed by atoms with Gasteiger partial charge in [-0.05, 0) is 13.8 Å². The highest BCUT2D eigenvalue weighted by Crippen LogP contribution is 2.05. The van der Waals surface area contributed by atoms with E-state index in [1.165, 1.54) is 0 Å². The Balaban J connectivity index is 2.06. The van der Waals surface area contributed by atoms with E-state index in [1.54, 1.807) is 4.90 Å². The highest BCUT2D eigenvalue weighted by molar-refractivity contribution is 5.83. The Hall–Kier alpha value is -0.940. The molecule has 0 spiro atoms. The molecule has 1 heterocycles. The Morgan fingerprint density at radius 1 is 1.29 bits per heavy atom. The fourth-order valence-corrected chi connectivity index (χ4v) is 1.60. The first-order chi connectivity index (χ1) is 8.09. The molecule has 1 saturated heterocycles. The number of carbonyl (C=O) groups is 2. The summed E-state index contributed by atoms with van der Waals surface area (Å²) in [5, 5.41) is 0. The zero-order valence-electron chi connectivity index (χ0n) is 10.6. The monoisotopic (exact) mass is 243 g/mol. The first kappa shape index (κ1) is 14.1. The Morgan fingerprint density at radius 3 is 2.53 bits per heavy atom. The van der Waals surface area contributed by atoms with Gasteiger partial charge in [0.2, 0.25) is 5.91 Å². The van der Waals surface area contributed by atoms with Crippen LogP contribution in [-0.2, 0) is 19.1 Å². The van der Waals surface area contributed by atoms with E-state index in [0.29, 0.717) is 39.1 Å². The van der Waals surface area contributed by atoms with Gasteiger partial charge in [0.05, 0.1) is 19.3 Å². The predicted molar refractivity (Wildman–Crippen MR) is 62.7 cm³/mol. The quantitative estimate of drug-likeness (QED) is 0.642. The molecule has 1 amide bonds. The zero-order chi connectivity index (χ0) is 12.7. The van der Waals surface area contributed by atoms with Crippen LogP contribution < -0.4 is 0 Å². The number of amides is 1. The Kier molecular flexibility index (Phi) is 6.15. The van der Waals surface area contributed by atoms with E-state index in [9.17, 15) is 9.59 Å². The number of hydrogen-bond acceptors (Lipinski definition) is 4. The number of ether oxygens (including phenoxy) is 2. The summed E-state index contributed by atoms with van der Waals surface area (Å²) in [6.45, 7) is 5.98. The summed E-state index contributed by atoms with van der Waals surface area (Å²) < 4.78 is 10.5. The largest absolute Gasteiger partial charge is 0.376 e. The fourth-order valence-electron chi connectivity index (χ4n) is 1.60. The smallest absolute Gasteiger partial charge is 0.248 e. The average Bonchev–Trinajstić information content (AvgIpc) is 2.29. The highest BCUT2D eigenvalue weighted by Gasteiger charge is 2.20. The van der Waals surface area contributed by atoms with Gasteiger partial charge in [-0.1, -0.05) is 0 Å². The first-order valence-corrected chi connectivity index (χ1v) is 6.08. The third-order valence-corrected chi connectivity index (χ3v) is 2.58. The lowest BCUT2D eigenvalue weighted by atomic mass is 10.1. The molecule has 0 aromatic carbocycles. The van der Waals surface area contributed by atoms with Gasteiger partial charge in [0, 0.05) is 25.9 Å². The molecule has 0 N–H and O–H groups in total. The molecular formula is C12H21NO4. The van der Waals surface area contributed by atoms with Gasteiger partial charge in [-0.15, -0.1) is 0 Å². The number of rotatable bonds is 6. The van der Waals surface area contributed by atoms with Crippen LogP contribution in [0.5, 0.6) is 0 Å². The van der Waals surface area contributed by atoms with Crippen LogP contribution in [0.1, 0.15) is 26.7 Å². The van der Waals surface area contributed by atoms with Crippen molar-refractivity contribution in [1.29, 1.82) is 0 Å². The van der Waals surface area contributed by atoms with Gasteiger partial charge in [0.15, 0.2) is 0 Å². The molecule has 0 bridgehead atoms. The number of piperidine rings is 1. The van der Waals surface area contributed by atoms with Gasteiger partial charge in [-0.2, -0.15) is 0 Å². The molecule has 1 rings (SSSR count). The van der Waals surface area contributed by atoms with Crippen molar-refractivity contribution >= 4 is 11.7 Å². The van der Waals surface area contributed by atoms with Crippen molar-refractivity contribution < 1.29 is 19.1 Å². The minimum absolute atomic E-state index is 0.0398. The van der Waals surface area contributed by atoms with Crippen LogP contribution in [0.4, 0.5) is 0 Å². The van der Waals surface area contributed by atoms with Crippen LogP contribution in [-0.4, -0.2) is 55.6 Å². The summed E-state index contributed by atoms with van der Waals surface area (Å²) >= 11 is 0. The second kappa shape index (κ2) is 7.40. The summed E-state index contributed by atoms with van der Waals surface area (Å²) in [5.41, 5.74) is 0. The SMILES string of the molecule is CC(C)OCCOCC(=O)N1CCC(=O)CC1. The number of Topliss-reactive ketones (excluding diaryl/α,β-unsaturated/α-hetero) is 1. The van der Waals surface area contributed by atoms with Crippen molar-refractivity contribution in [1.82, 2.24) is 4.90 Å². The van der Waals surface area contributed by atoms with Crippen LogP contribution in [0.15, 0.2) is 0 Å². The maximum atomic E-state index is 11.7. The number of carbonyl (C=O) groups excluding carboxylic acids is 2. The van der Waals surface area contributed by atoms with E-state index in [1.807, 2.05) is 13.8 Å². The summed E-state index contributed by atoms with van der Waals surface area (Å²) in [4.78, 5) is 24.3. The van der Waals surface area contributed by atoms with E-state index < -0.39 is 0 Å². The third kappa shape index (κ3) is 5.79. The van der Waals surface area contributed by atoms with E-state index in [0.717, 1.165) is 0 Å². The van der Waals surface area contributed by atoms with Gasteiger partial charge in [-0.25, -0.2) is 0 Å². The standard InChI is InChI=1S/C12H21NO4/c1-10(2)17-8-7-16-9-12(15)13-5-3-11(14)4-6-13/h10H,3-9H2,1-2H3. The van der Waals surface area contributed by atoms with E-state index >= 15 is 0 Å². The number of nitrogens with zero attached hydrogens (tertiary/aromatic N) is 1. The molecule has 0 saturated carbocycles. The van der Waals surface area contributed by atoms with Crippen molar-refractivity contribution in [2.75, 3.05) is 32.9 Å². The molecule has 0 radical (unpaired) electrons. The maximum absolute atomic E-state index is 11.7. The molecule has 1 aliphatic rings. The maximum Gasteiger partial charge on any atom is 0.248 e. The van der Waals surface area contributed by atoms with E-state index in [2.05, 4.69) is 0 Å². The lowest BCUT2D eigenvalue weighted by Gasteiger charge is -2.25. The molecular weight excluding hydrogens is 222 g/mol. The molecule has 0 unspecified atom stereocenters. The topological polar surface area (TPSA) is 55.8 Å². The molecule has 0 aromatic heterocycles. The van der Waals surface area contributed by atoms with Crippen LogP contribution in [0.25, 0.3) is 0 Å². The summed E-state index contributed by atoms with van der Waals surface area (Å²) in [6.07, 6.45) is 1.13. The molecule has 1 aliphatic heterocycles. The molecule has 17 heavy (non-hydrogen) atoms. The zero-order valence-corrected chi connectivity index (χ0v) is 10.6. The van der Waals surface area contributed by atoms with Crippen LogP contribution in [0.2, 0.25) is 0 Å². The van der Waals surface area contributed by atoms with E-state index in [-0.39, 0.29) is 24.4 Å². The summed E-state index contributed by atoms with van der Waals surface area (Å²) in [5.74, 6) is 0.197. The second-order valence-electron chi connectivity index (χ2n) is 4.39. The lowest BCUT2D eigenvalue weighted by molar-refractivity contribution is -0.139. The third-order valence-electron chi connectivity index (χ3n) is 2.58. The molecule has 5 heteroatoms. The minimum Gasteiger partial charge on any atom is -0.376 e. The second-order valence-corrected chi connectivity index (χ2v) is 4.39. The molecule has 0 aromatic rings. The highest BCUT2D eigenvalue weighted by atomic mass is 16.5.